The topological polar surface area (TPSA) is 27.7 Å². The maximum Gasteiger partial charge on any atom is 0.132 e. The molecule has 0 fully saturated rings. The highest BCUT2D eigenvalue weighted by molar-refractivity contribution is 5.74. The molecule has 0 spiro atoms. The van der Waals surface area contributed by atoms with E-state index >= 15 is 0 Å². The van der Waals surface area contributed by atoms with Crippen molar-refractivity contribution in [1.82, 2.24) is 0 Å². The minimum Gasteiger partial charge on any atom is -0.497 e. The van der Waals surface area contributed by atoms with Gasteiger partial charge in [-0.15, -0.1) is 0 Å². The van der Waals surface area contributed by atoms with Gasteiger partial charge in [-0.2, -0.15) is 0 Å². The Hall–Kier alpha value is -3.90. The summed E-state index contributed by atoms with van der Waals surface area (Å²) in [5, 5.41) is 0. The van der Waals surface area contributed by atoms with Gasteiger partial charge in [0.2, 0.25) is 0 Å². The highest BCUT2D eigenvalue weighted by Crippen LogP contribution is 2.33. The number of hydrogen-bond acceptors (Lipinski definition) is 3. The SMILES string of the molecule is COc1ccc(C2=CC(C#Cc3ccccc3)C=C(c3ccc(OC)cc3)O2)cc1. The molecule has 30 heavy (non-hydrogen) atoms. The number of rotatable bonds is 4. The molecule has 0 aliphatic carbocycles. The van der Waals surface area contributed by atoms with Crippen LogP contribution in [-0.4, -0.2) is 14.2 Å². The molecule has 0 bridgehead atoms. The first kappa shape index (κ1) is 19.4. The summed E-state index contributed by atoms with van der Waals surface area (Å²) in [5.74, 6) is 9.70. The summed E-state index contributed by atoms with van der Waals surface area (Å²) < 4.78 is 16.8. The molecule has 0 saturated heterocycles. The second kappa shape index (κ2) is 9.07. The zero-order chi connectivity index (χ0) is 20.8. The largest absolute Gasteiger partial charge is 0.497 e. The third-order valence-electron chi connectivity index (χ3n) is 4.79. The Balaban J connectivity index is 1.69. The summed E-state index contributed by atoms with van der Waals surface area (Å²) in [6.45, 7) is 0. The Morgan fingerprint density at radius 1 is 0.667 bits per heavy atom. The molecule has 0 unspecified atom stereocenters. The van der Waals surface area contributed by atoms with Crippen molar-refractivity contribution < 1.29 is 14.2 Å². The van der Waals surface area contributed by atoms with Crippen LogP contribution in [0.5, 0.6) is 11.5 Å². The van der Waals surface area contributed by atoms with Gasteiger partial charge in [0.15, 0.2) is 0 Å². The van der Waals surface area contributed by atoms with E-state index in [0.29, 0.717) is 0 Å². The number of benzene rings is 3. The zero-order valence-electron chi connectivity index (χ0n) is 17.0. The van der Waals surface area contributed by atoms with Crippen LogP contribution in [0.3, 0.4) is 0 Å². The summed E-state index contributed by atoms with van der Waals surface area (Å²) in [7, 11) is 3.32. The molecule has 3 nitrogen and oxygen atoms in total. The summed E-state index contributed by atoms with van der Waals surface area (Å²) in [5.41, 5.74) is 2.94. The first-order chi connectivity index (χ1) is 14.7. The molecule has 3 heteroatoms. The van der Waals surface area contributed by atoms with E-state index in [4.69, 9.17) is 14.2 Å². The van der Waals surface area contributed by atoms with Gasteiger partial charge in [0.25, 0.3) is 0 Å². The second-order valence-electron chi connectivity index (χ2n) is 6.78. The highest BCUT2D eigenvalue weighted by atomic mass is 16.5. The molecule has 0 N–H and O–H groups in total. The van der Waals surface area contributed by atoms with E-state index in [-0.39, 0.29) is 5.92 Å². The van der Waals surface area contributed by atoms with Gasteiger partial charge < -0.3 is 14.2 Å². The van der Waals surface area contributed by atoms with E-state index in [9.17, 15) is 0 Å². The van der Waals surface area contributed by atoms with Crippen LogP contribution in [-0.2, 0) is 4.74 Å². The van der Waals surface area contributed by atoms with Crippen molar-refractivity contribution in [3.63, 3.8) is 0 Å². The van der Waals surface area contributed by atoms with Gasteiger partial charge in [-0.3, -0.25) is 0 Å². The van der Waals surface area contributed by atoms with Crippen LogP contribution < -0.4 is 9.47 Å². The molecule has 148 valence electrons. The average molecular weight is 394 g/mol. The highest BCUT2D eigenvalue weighted by Gasteiger charge is 2.18. The van der Waals surface area contributed by atoms with E-state index < -0.39 is 0 Å². The van der Waals surface area contributed by atoms with Crippen LogP contribution in [0.25, 0.3) is 11.5 Å². The number of ether oxygens (including phenoxy) is 3. The van der Waals surface area contributed by atoms with Crippen LogP contribution in [0.15, 0.2) is 91.0 Å². The van der Waals surface area contributed by atoms with Gasteiger partial charge in [-0.25, -0.2) is 0 Å². The minimum atomic E-state index is -0.0758. The van der Waals surface area contributed by atoms with Gasteiger partial charge >= 0.3 is 0 Å². The normalized spacial score (nSPS) is 13.3. The third-order valence-corrected chi connectivity index (χ3v) is 4.79. The quantitative estimate of drug-likeness (QED) is 0.525. The monoisotopic (exact) mass is 394 g/mol. The molecule has 0 radical (unpaired) electrons. The van der Waals surface area contributed by atoms with Gasteiger partial charge in [-0.1, -0.05) is 30.0 Å². The summed E-state index contributed by atoms with van der Waals surface area (Å²) in [6, 6.07) is 25.7. The molecule has 0 aromatic heterocycles. The van der Waals surface area contributed by atoms with Gasteiger partial charge in [-0.05, 0) is 72.8 Å². The molecule has 3 aromatic carbocycles. The van der Waals surface area contributed by atoms with Crippen molar-refractivity contribution in [2.75, 3.05) is 14.2 Å². The van der Waals surface area contributed by atoms with E-state index in [1.54, 1.807) is 14.2 Å². The molecule has 1 heterocycles. The van der Waals surface area contributed by atoms with Crippen molar-refractivity contribution in [2.24, 2.45) is 5.92 Å². The Bertz CT molecular complexity index is 1050. The molecule has 0 atom stereocenters. The van der Waals surface area contributed by atoms with E-state index in [2.05, 4.69) is 11.8 Å². The smallest absolute Gasteiger partial charge is 0.132 e. The fourth-order valence-electron chi connectivity index (χ4n) is 3.15. The van der Waals surface area contributed by atoms with Crippen molar-refractivity contribution in [3.8, 4) is 23.3 Å². The van der Waals surface area contributed by atoms with Crippen molar-refractivity contribution in [2.45, 2.75) is 0 Å². The van der Waals surface area contributed by atoms with Crippen LogP contribution in [0.4, 0.5) is 0 Å². The van der Waals surface area contributed by atoms with Crippen LogP contribution >= 0.6 is 0 Å². The predicted octanol–water partition coefficient (Wildman–Crippen LogP) is 5.78. The van der Waals surface area contributed by atoms with Gasteiger partial charge in [0.05, 0.1) is 20.1 Å². The first-order valence-corrected chi connectivity index (χ1v) is 9.72. The standard InChI is InChI=1S/C27H22O3/c1-28-24-14-10-22(11-15-24)26-18-21(9-8-20-6-4-3-5-7-20)19-27(30-26)23-12-16-25(29-2)17-13-23/h3-7,10-19,21H,1-2H3. The second-order valence-corrected chi connectivity index (χ2v) is 6.78. The van der Waals surface area contributed by atoms with Crippen LogP contribution in [0, 0.1) is 17.8 Å². The van der Waals surface area contributed by atoms with Gasteiger partial charge in [0, 0.05) is 16.7 Å². The zero-order valence-corrected chi connectivity index (χ0v) is 17.0. The summed E-state index contributed by atoms with van der Waals surface area (Å²) in [4.78, 5) is 0. The Morgan fingerprint density at radius 2 is 1.17 bits per heavy atom. The van der Waals surface area contributed by atoms with E-state index in [1.165, 1.54) is 0 Å². The minimum absolute atomic E-state index is 0.0758. The Morgan fingerprint density at radius 3 is 1.63 bits per heavy atom. The fraction of sp³-hybridized carbons (Fsp3) is 0.111. The number of allylic oxidation sites excluding steroid dienone is 2. The van der Waals surface area contributed by atoms with Crippen LogP contribution in [0.1, 0.15) is 16.7 Å². The maximum atomic E-state index is 6.26. The molecule has 0 saturated carbocycles. The molecule has 0 amide bonds. The first-order valence-electron chi connectivity index (χ1n) is 9.72. The lowest BCUT2D eigenvalue weighted by Gasteiger charge is -2.20. The number of methoxy groups -OCH3 is 2. The lowest BCUT2D eigenvalue weighted by molar-refractivity contribution is 0.414. The predicted molar refractivity (Wildman–Crippen MR) is 120 cm³/mol. The van der Waals surface area contributed by atoms with Crippen molar-refractivity contribution in [1.29, 1.82) is 0 Å². The Kier molecular flexibility index (Phi) is 5.87. The lowest BCUT2D eigenvalue weighted by Crippen LogP contribution is -2.04. The van der Waals surface area contributed by atoms with Gasteiger partial charge in [0.1, 0.15) is 23.0 Å². The van der Waals surface area contributed by atoms with Crippen molar-refractivity contribution >= 4 is 11.5 Å². The molecular weight excluding hydrogens is 372 g/mol. The summed E-state index contributed by atoms with van der Waals surface area (Å²) in [6.07, 6.45) is 4.09. The van der Waals surface area contributed by atoms with E-state index in [1.807, 2.05) is 91.0 Å². The lowest BCUT2D eigenvalue weighted by atomic mass is 10.00. The molecule has 4 rings (SSSR count). The molecule has 3 aromatic rings. The van der Waals surface area contributed by atoms with E-state index in [0.717, 1.165) is 39.7 Å². The Labute approximate surface area is 177 Å². The maximum absolute atomic E-state index is 6.26. The molecular formula is C27H22O3. The summed E-state index contributed by atoms with van der Waals surface area (Å²) >= 11 is 0. The third kappa shape index (κ3) is 4.56. The van der Waals surface area contributed by atoms with Crippen molar-refractivity contribution in [3.05, 3.63) is 108 Å². The number of hydrogen-bond donors (Lipinski definition) is 0. The van der Waals surface area contributed by atoms with Crippen LogP contribution in [0.2, 0.25) is 0 Å². The average Bonchev–Trinajstić information content (AvgIpc) is 2.83. The molecule has 1 aliphatic heterocycles. The molecule has 1 aliphatic rings. The fourth-order valence-corrected chi connectivity index (χ4v) is 3.15.